The van der Waals surface area contributed by atoms with Crippen LogP contribution in [0.4, 0.5) is 0 Å². The average Bonchev–Trinajstić information content (AvgIpc) is 2.97. The van der Waals surface area contributed by atoms with Crippen molar-refractivity contribution in [2.45, 2.75) is 18.9 Å². The SMILES string of the molecule is COCCCNC(=O)c1ccnc(C(=O)N(C)C2CCS(=O)(=O)C2)c1. The van der Waals surface area contributed by atoms with E-state index in [1.165, 1.54) is 23.2 Å². The smallest absolute Gasteiger partial charge is 0.272 e. The first-order valence-electron chi connectivity index (χ1n) is 8.05. The van der Waals surface area contributed by atoms with Crippen molar-refractivity contribution < 1.29 is 22.7 Å². The zero-order valence-electron chi connectivity index (χ0n) is 14.4. The summed E-state index contributed by atoms with van der Waals surface area (Å²) in [6.45, 7) is 1.02. The summed E-state index contributed by atoms with van der Waals surface area (Å²) in [5, 5.41) is 2.74. The predicted octanol–water partition coefficient (Wildman–Crippen LogP) is 0.107. The fourth-order valence-electron chi connectivity index (χ4n) is 2.64. The van der Waals surface area contributed by atoms with Crippen LogP contribution >= 0.6 is 0 Å². The van der Waals surface area contributed by atoms with Crippen molar-refractivity contribution in [3.63, 3.8) is 0 Å². The molecule has 0 spiro atoms. The molecule has 1 fully saturated rings. The summed E-state index contributed by atoms with van der Waals surface area (Å²) in [6.07, 6.45) is 2.51. The highest BCUT2D eigenvalue weighted by Gasteiger charge is 2.33. The van der Waals surface area contributed by atoms with Crippen LogP contribution in [0.2, 0.25) is 0 Å². The highest BCUT2D eigenvalue weighted by atomic mass is 32.2. The Morgan fingerprint density at radius 2 is 2.20 bits per heavy atom. The van der Waals surface area contributed by atoms with Gasteiger partial charge in [-0.2, -0.15) is 0 Å². The summed E-state index contributed by atoms with van der Waals surface area (Å²) in [5.74, 6) is -0.628. The number of aromatic nitrogens is 1. The van der Waals surface area contributed by atoms with Crippen LogP contribution in [-0.4, -0.2) is 75.0 Å². The minimum absolute atomic E-state index is 0.0328. The summed E-state index contributed by atoms with van der Waals surface area (Å²) >= 11 is 0. The van der Waals surface area contributed by atoms with Crippen molar-refractivity contribution in [1.82, 2.24) is 15.2 Å². The van der Waals surface area contributed by atoms with Crippen molar-refractivity contribution >= 4 is 21.7 Å². The number of carbonyl (C=O) groups is 2. The van der Waals surface area contributed by atoms with E-state index in [1.807, 2.05) is 0 Å². The molecule has 1 aliphatic heterocycles. The van der Waals surface area contributed by atoms with Crippen molar-refractivity contribution in [2.24, 2.45) is 0 Å². The van der Waals surface area contributed by atoms with Gasteiger partial charge in [0, 0.05) is 45.1 Å². The molecule has 2 rings (SSSR count). The number of nitrogens with one attached hydrogen (secondary N) is 1. The van der Waals surface area contributed by atoms with E-state index in [1.54, 1.807) is 14.2 Å². The molecule has 9 heteroatoms. The Labute approximate surface area is 147 Å². The summed E-state index contributed by atoms with van der Waals surface area (Å²) < 4.78 is 28.1. The van der Waals surface area contributed by atoms with Crippen molar-refractivity contribution in [2.75, 3.05) is 38.8 Å². The Balaban J connectivity index is 2.02. The number of methoxy groups -OCH3 is 1. The standard InChI is InChI=1S/C16H23N3O5S/c1-19(13-5-9-25(22,23)11-13)16(21)14-10-12(4-7-17-14)15(20)18-6-3-8-24-2/h4,7,10,13H,3,5-6,8-9,11H2,1-2H3,(H,18,20). The van der Waals surface area contributed by atoms with Gasteiger partial charge >= 0.3 is 0 Å². The molecule has 1 unspecified atom stereocenters. The highest BCUT2D eigenvalue weighted by molar-refractivity contribution is 7.91. The second-order valence-electron chi connectivity index (χ2n) is 6.00. The molecule has 1 aromatic rings. The molecular weight excluding hydrogens is 346 g/mol. The molecule has 0 saturated carbocycles. The topological polar surface area (TPSA) is 106 Å². The number of rotatable bonds is 7. The number of amides is 2. The fourth-order valence-corrected chi connectivity index (χ4v) is 4.41. The third-order valence-corrected chi connectivity index (χ3v) is 5.88. The predicted molar refractivity (Wildman–Crippen MR) is 92.2 cm³/mol. The Morgan fingerprint density at radius 1 is 1.44 bits per heavy atom. The number of pyridine rings is 1. The first-order chi connectivity index (χ1) is 11.8. The second-order valence-corrected chi connectivity index (χ2v) is 8.23. The van der Waals surface area contributed by atoms with Gasteiger partial charge < -0.3 is 15.0 Å². The maximum Gasteiger partial charge on any atom is 0.272 e. The Morgan fingerprint density at radius 3 is 2.84 bits per heavy atom. The van der Waals surface area contributed by atoms with Gasteiger partial charge in [0.15, 0.2) is 9.84 Å². The molecule has 138 valence electrons. The van der Waals surface area contributed by atoms with E-state index in [4.69, 9.17) is 4.74 Å². The first-order valence-corrected chi connectivity index (χ1v) is 9.87. The molecule has 1 aliphatic rings. The maximum atomic E-state index is 12.5. The fraction of sp³-hybridized carbons (Fsp3) is 0.562. The van der Waals surface area contributed by atoms with Crippen molar-refractivity contribution in [1.29, 1.82) is 0 Å². The van der Waals surface area contributed by atoms with Crippen LogP contribution in [0.25, 0.3) is 0 Å². The quantitative estimate of drug-likeness (QED) is 0.684. The zero-order chi connectivity index (χ0) is 18.4. The lowest BCUT2D eigenvalue weighted by atomic mass is 10.1. The van der Waals surface area contributed by atoms with Gasteiger partial charge in [0.05, 0.1) is 11.5 Å². The molecule has 0 aliphatic carbocycles. The molecule has 0 bridgehead atoms. The first kappa shape index (κ1) is 19.3. The van der Waals surface area contributed by atoms with Gasteiger partial charge in [-0.15, -0.1) is 0 Å². The highest BCUT2D eigenvalue weighted by Crippen LogP contribution is 2.18. The third kappa shape index (κ3) is 5.23. The number of carbonyl (C=O) groups excluding carboxylic acids is 2. The van der Waals surface area contributed by atoms with Gasteiger partial charge in [-0.25, -0.2) is 8.42 Å². The van der Waals surface area contributed by atoms with Gasteiger partial charge in [-0.3, -0.25) is 14.6 Å². The van der Waals surface area contributed by atoms with Crippen LogP contribution in [-0.2, 0) is 14.6 Å². The molecular formula is C16H23N3O5S. The number of hydrogen-bond donors (Lipinski definition) is 1. The molecule has 1 aromatic heterocycles. The maximum absolute atomic E-state index is 12.5. The Hall–Kier alpha value is -2.00. The lowest BCUT2D eigenvalue weighted by Crippen LogP contribution is -2.38. The van der Waals surface area contributed by atoms with E-state index in [0.717, 1.165) is 0 Å². The summed E-state index contributed by atoms with van der Waals surface area (Å²) in [5.41, 5.74) is 0.458. The molecule has 2 heterocycles. The number of nitrogens with zero attached hydrogens (tertiary/aromatic N) is 2. The zero-order valence-corrected chi connectivity index (χ0v) is 15.2. The molecule has 0 aromatic carbocycles. The van der Waals surface area contributed by atoms with Gasteiger partial charge in [0.1, 0.15) is 5.69 Å². The van der Waals surface area contributed by atoms with Crippen LogP contribution < -0.4 is 5.32 Å². The van der Waals surface area contributed by atoms with Crippen LogP contribution in [0, 0.1) is 0 Å². The third-order valence-electron chi connectivity index (χ3n) is 4.13. The molecule has 1 N–H and O–H groups in total. The van der Waals surface area contributed by atoms with E-state index >= 15 is 0 Å². The van der Waals surface area contributed by atoms with Crippen molar-refractivity contribution in [3.8, 4) is 0 Å². The summed E-state index contributed by atoms with van der Waals surface area (Å²) in [4.78, 5) is 30.1. The number of ether oxygens (including phenoxy) is 1. The molecule has 1 atom stereocenters. The number of sulfone groups is 1. The van der Waals surface area contributed by atoms with E-state index in [9.17, 15) is 18.0 Å². The number of hydrogen-bond acceptors (Lipinski definition) is 6. The second kappa shape index (κ2) is 8.39. The molecule has 0 radical (unpaired) electrons. The van der Waals surface area contributed by atoms with Crippen LogP contribution in [0.15, 0.2) is 18.3 Å². The van der Waals surface area contributed by atoms with Crippen LogP contribution in [0.1, 0.15) is 33.7 Å². The summed E-state index contributed by atoms with van der Waals surface area (Å²) in [7, 11) is 0.0729. The molecule has 8 nitrogen and oxygen atoms in total. The van der Waals surface area contributed by atoms with Gasteiger partial charge in [0.2, 0.25) is 0 Å². The van der Waals surface area contributed by atoms with Crippen LogP contribution in [0.3, 0.4) is 0 Å². The van der Waals surface area contributed by atoms with E-state index < -0.39 is 15.7 Å². The lowest BCUT2D eigenvalue weighted by Gasteiger charge is -2.23. The molecule has 2 amide bonds. The minimum atomic E-state index is -3.08. The Bertz CT molecular complexity index is 735. The Kier molecular flexibility index (Phi) is 6.49. The van der Waals surface area contributed by atoms with Gasteiger partial charge in [-0.1, -0.05) is 0 Å². The summed E-state index contributed by atoms with van der Waals surface area (Å²) in [6, 6.07) is 2.60. The van der Waals surface area contributed by atoms with Gasteiger partial charge in [0.25, 0.3) is 11.8 Å². The van der Waals surface area contributed by atoms with E-state index in [-0.39, 0.29) is 29.1 Å². The van der Waals surface area contributed by atoms with Crippen molar-refractivity contribution in [3.05, 3.63) is 29.6 Å². The van der Waals surface area contributed by atoms with E-state index in [0.29, 0.717) is 31.6 Å². The average molecular weight is 369 g/mol. The minimum Gasteiger partial charge on any atom is -0.385 e. The van der Waals surface area contributed by atoms with Crippen LogP contribution in [0.5, 0.6) is 0 Å². The molecule has 25 heavy (non-hydrogen) atoms. The van der Waals surface area contributed by atoms with Gasteiger partial charge in [-0.05, 0) is 25.0 Å². The molecule has 1 saturated heterocycles. The lowest BCUT2D eigenvalue weighted by molar-refractivity contribution is 0.0741. The van der Waals surface area contributed by atoms with E-state index in [2.05, 4.69) is 10.3 Å². The monoisotopic (exact) mass is 369 g/mol. The largest absolute Gasteiger partial charge is 0.385 e. The normalized spacial score (nSPS) is 18.7.